The Morgan fingerprint density at radius 1 is 0.941 bits per heavy atom. The van der Waals surface area contributed by atoms with E-state index in [1.54, 1.807) is 38.3 Å². The lowest BCUT2D eigenvalue weighted by molar-refractivity contribution is 0.0931. The van der Waals surface area contributed by atoms with Crippen molar-refractivity contribution in [1.82, 2.24) is 5.32 Å². The fourth-order valence-electron chi connectivity index (χ4n) is 3.75. The van der Waals surface area contributed by atoms with Gasteiger partial charge in [0, 0.05) is 5.56 Å². The van der Waals surface area contributed by atoms with E-state index >= 15 is 0 Å². The minimum absolute atomic E-state index is 0.0771. The van der Waals surface area contributed by atoms with Crippen LogP contribution in [0.15, 0.2) is 71.6 Å². The summed E-state index contributed by atoms with van der Waals surface area (Å²) in [5.41, 5.74) is 3.13. The summed E-state index contributed by atoms with van der Waals surface area (Å²) in [4.78, 5) is 13.3. The molecule has 6 nitrogen and oxygen atoms in total. The molecule has 0 bridgehead atoms. The highest BCUT2D eigenvalue weighted by Crippen LogP contribution is 2.26. The van der Waals surface area contributed by atoms with Crippen molar-refractivity contribution in [3.05, 3.63) is 89.0 Å². The molecule has 0 heterocycles. The second-order valence-corrected chi connectivity index (χ2v) is 10.5. The topological polar surface area (TPSA) is 84.5 Å². The molecule has 1 atom stereocenters. The van der Waals surface area contributed by atoms with Crippen LogP contribution in [0.1, 0.15) is 53.4 Å². The lowest BCUT2D eigenvalue weighted by Gasteiger charge is -2.22. The Morgan fingerprint density at radius 2 is 1.62 bits per heavy atom. The minimum Gasteiger partial charge on any atom is -0.497 e. The highest BCUT2D eigenvalue weighted by molar-refractivity contribution is 7.92. The molecule has 180 valence electrons. The Balaban J connectivity index is 1.88. The first-order valence-corrected chi connectivity index (χ1v) is 12.7. The van der Waals surface area contributed by atoms with E-state index in [4.69, 9.17) is 4.74 Å². The number of carbonyl (C=O) groups is 1. The fourth-order valence-corrected chi connectivity index (χ4v) is 5.15. The number of anilines is 1. The number of carbonyl (C=O) groups excluding carboxylic acids is 1. The number of rotatable bonds is 9. The largest absolute Gasteiger partial charge is 0.497 e. The molecule has 3 aromatic carbocycles. The number of hydrogen-bond donors (Lipinski definition) is 2. The third kappa shape index (κ3) is 6.17. The first kappa shape index (κ1) is 25.3. The number of ether oxygens (including phenoxy) is 1. The van der Waals surface area contributed by atoms with Crippen LogP contribution in [0.2, 0.25) is 0 Å². The third-order valence-corrected chi connectivity index (χ3v) is 7.17. The Labute approximate surface area is 202 Å². The molecule has 34 heavy (non-hydrogen) atoms. The summed E-state index contributed by atoms with van der Waals surface area (Å²) in [5, 5.41) is 3.08. The number of nitrogens with one attached hydrogen (secondary N) is 2. The number of sulfonamides is 1. The van der Waals surface area contributed by atoms with Gasteiger partial charge in [0.25, 0.3) is 15.9 Å². The average Bonchev–Trinajstić information content (AvgIpc) is 2.80. The number of amides is 1. The maximum absolute atomic E-state index is 13.2. The van der Waals surface area contributed by atoms with Crippen LogP contribution in [0.25, 0.3) is 0 Å². The second-order valence-electron chi connectivity index (χ2n) is 8.83. The summed E-state index contributed by atoms with van der Waals surface area (Å²) >= 11 is 0. The molecule has 0 spiro atoms. The van der Waals surface area contributed by atoms with Gasteiger partial charge in [-0.15, -0.1) is 0 Å². The van der Waals surface area contributed by atoms with Gasteiger partial charge in [0.05, 0.1) is 23.7 Å². The van der Waals surface area contributed by atoms with Gasteiger partial charge in [-0.05, 0) is 73.2 Å². The second kappa shape index (κ2) is 10.7. The van der Waals surface area contributed by atoms with E-state index in [0.717, 1.165) is 23.3 Å². The van der Waals surface area contributed by atoms with Crippen molar-refractivity contribution < 1.29 is 17.9 Å². The zero-order valence-corrected chi connectivity index (χ0v) is 21.1. The molecule has 0 saturated carbocycles. The molecule has 3 rings (SSSR count). The van der Waals surface area contributed by atoms with Gasteiger partial charge in [0.2, 0.25) is 0 Å². The summed E-state index contributed by atoms with van der Waals surface area (Å²) in [6, 6.07) is 19.3. The standard InChI is InChI=1S/C27H32N2O4S/c1-18(2)16-25(21-12-14-23(33-5)15-13-21)28-27(30)22-11-10-20(4)26(17-22)34(31,32)29-24-9-7-6-8-19(24)3/h6-15,17-18,25,29H,16H2,1-5H3,(H,28,30)/t25-/m0/s1. The molecule has 3 aromatic rings. The number of methoxy groups -OCH3 is 1. The summed E-state index contributed by atoms with van der Waals surface area (Å²) in [5.74, 6) is 0.765. The van der Waals surface area contributed by atoms with Crippen molar-refractivity contribution in [1.29, 1.82) is 0 Å². The van der Waals surface area contributed by atoms with E-state index in [1.807, 2.05) is 43.3 Å². The molecule has 0 aromatic heterocycles. The molecule has 1 amide bonds. The Morgan fingerprint density at radius 3 is 2.24 bits per heavy atom. The molecular formula is C27H32N2O4S. The molecule has 0 aliphatic rings. The summed E-state index contributed by atoms with van der Waals surface area (Å²) < 4.78 is 34.2. The highest BCUT2D eigenvalue weighted by Gasteiger charge is 2.22. The van der Waals surface area contributed by atoms with Crippen LogP contribution in [0, 0.1) is 19.8 Å². The molecule has 2 N–H and O–H groups in total. The Hall–Kier alpha value is -3.32. The predicted octanol–water partition coefficient (Wildman–Crippen LogP) is 5.63. The maximum Gasteiger partial charge on any atom is 0.262 e. The van der Waals surface area contributed by atoms with Gasteiger partial charge in [-0.2, -0.15) is 0 Å². The Bertz CT molecular complexity index is 1250. The van der Waals surface area contributed by atoms with Gasteiger partial charge in [0.15, 0.2) is 0 Å². The molecule has 0 aliphatic heterocycles. The molecule has 0 unspecified atom stereocenters. The average molecular weight is 481 g/mol. The van der Waals surface area contributed by atoms with Crippen molar-refractivity contribution >= 4 is 21.6 Å². The minimum atomic E-state index is -3.87. The molecule has 0 saturated heterocycles. The van der Waals surface area contributed by atoms with Crippen LogP contribution in [0.3, 0.4) is 0 Å². The Kier molecular flexibility index (Phi) is 7.99. The first-order valence-electron chi connectivity index (χ1n) is 11.2. The lowest BCUT2D eigenvalue weighted by Crippen LogP contribution is -2.30. The van der Waals surface area contributed by atoms with Crippen LogP contribution in [-0.2, 0) is 10.0 Å². The van der Waals surface area contributed by atoms with E-state index in [9.17, 15) is 13.2 Å². The molecular weight excluding hydrogens is 448 g/mol. The van der Waals surface area contributed by atoms with Crippen molar-refractivity contribution in [2.75, 3.05) is 11.8 Å². The van der Waals surface area contributed by atoms with Gasteiger partial charge in [0.1, 0.15) is 5.75 Å². The lowest BCUT2D eigenvalue weighted by atomic mass is 9.96. The predicted molar refractivity (Wildman–Crippen MR) is 136 cm³/mol. The van der Waals surface area contributed by atoms with Gasteiger partial charge < -0.3 is 10.1 Å². The first-order chi connectivity index (χ1) is 16.1. The van der Waals surface area contributed by atoms with E-state index in [1.165, 1.54) is 6.07 Å². The van der Waals surface area contributed by atoms with Crippen LogP contribution in [-0.4, -0.2) is 21.4 Å². The monoisotopic (exact) mass is 480 g/mol. The summed E-state index contributed by atoms with van der Waals surface area (Å²) in [6.07, 6.45) is 0.740. The quantitative estimate of drug-likeness (QED) is 0.416. The molecule has 0 aliphatic carbocycles. The van der Waals surface area contributed by atoms with Crippen LogP contribution >= 0.6 is 0 Å². The zero-order chi connectivity index (χ0) is 24.9. The van der Waals surface area contributed by atoms with Gasteiger partial charge in [-0.25, -0.2) is 8.42 Å². The zero-order valence-electron chi connectivity index (χ0n) is 20.3. The number of aryl methyl sites for hydroxylation is 2. The number of benzene rings is 3. The van der Waals surface area contributed by atoms with Crippen molar-refractivity contribution in [3.63, 3.8) is 0 Å². The van der Waals surface area contributed by atoms with E-state index in [0.29, 0.717) is 17.2 Å². The van der Waals surface area contributed by atoms with Crippen LogP contribution in [0.5, 0.6) is 5.75 Å². The van der Waals surface area contributed by atoms with Crippen molar-refractivity contribution in [3.8, 4) is 5.75 Å². The number of para-hydroxylation sites is 1. The van der Waals surface area contributed by atoms with E-state index < -0.39 is 10.0 Å². The van der Waals surface area contributed by atoms with Crippen molar-refractivity contribution in [2.24, 2.45) is 5.92 Å². The van der Waals surface area contributed by atoms with Gasteiger partial charge in [-0.1, -0.05) is 50.2 Å². The van der Waals surface area contributed by atoms with Gasteiger partial charge >= 0.3 is 0 Å². The maximum atomic E-state index is 13.2. The smallest absolute Gasteiger partial charge is 0.262 e. The molecule has 7 heteroatoms. The molecule has 0 fully saturated rings. The normalized spacial score (nSPS) is 12.3. The fraction of sp³-hybridized carbons (Fsp3) is 0.296. The third-order valence-electron chi connectivity index (χ3n) is 5.66. The van der Waals surface area contributed by atoms with E-state index in [2.05, 4.69) is 23.9 Å². The molecule has 0 radical (unpaired) electrons. The highest BCUT2D eigenvalue weighted by atomic mass is 32.2. The number of hydrogen-bond acceptors (Lipinski definition) is 4. The van der Waals surface area contributed by atoms with Crippen LogP contribution in [0.4, 0.5) is 5.69 Å². The van der Waals surface area contributed by atoms with E-state index in [-0.39, 0.29) is 22.4 Å². The van der Waals surface area contributed by atoms with Crippen LogP contribution < -0.4 is 14.8 Å². The van der Waals surface area contributed by atoms with Gasteiger partial charge in [-0.3, -0.25) is 9.52 Å². The summed E-state index contributed by atoms with van der Waals surface area (Å²) in [6.45, 7) is 7.74. The van der Waals surface area contributed by atoms with Crippen molar-refractivity contribution in [2.45, 2.75) is 45.1 Å². The summed E-state index contributed by atoms with van der Waals surface area (Å²) in [7, 11) is -2.26. The SMILES string of the molecule is COc1ccc([C@H](CC(C)C)NC(=O)c2ccc(C)c(S(=O)(=O)Nc3ccccc3C)c2)cc1.